The number of rotatable bonds is 0. The van der Waals surface area contributed by atoms with Gasteiger partial charge in [-0.3, -0.25) is 0 Å². The van der Waals surface area contributed by atoms with Crippen molar-refractivity contribution in [1.29, 1.82) is 0 Å². The first-order valence-electron chi connectivity index (χ1n) is 3.08. The maximum atomic E-state index is 11.2. The van der Waals surface area contributed by atoms with E-state index in [4.69, 9.17) is 0 Å². The van der Waals surface area contributed by atoms with Gasteiger partial charge in [-0.05, 0) is 19.7 Å². The molecule has 0 bridgehead atoms. The predicted octanol–water partition coefficient (Wildman–Crippen LogP) is -0.245. The van der Waals surface area contributed by atoms with Crippen LogP contribution in [-0.4, -0.2) is 29.0 Å². The van der Waals surface area contributed by atoms with Crippen molar-refractivity contribution in [3.8, 4) is 0 Å². The Bertz CT molecular complexity index is 314. The van der Waals surface area contributed by atoms with E-state index in [1.54, 1.807) is 6.92 Å². The van der Waals surface area contributed by atoms with E-state index >= 15 is 0 Å². The third-order valence-electron chi connectivity index (χ3n) is 1.89. The van der Waals surface area contributed by atoms with Crippen molar-refractivity contribution in [2.75, 3.05) is 0 Å². The van der Waals surface area contributed by atoms with Crippen molar-refractivity contribution in [2.24, 2.45) is 0 Å². The van der Waals surface area contributed by atoms with Gasteiger partial charge < -0.3 is 0 Å². The van der Waals surface area contributed by atoms with Crippen LogP contribution in [0.2, 0.25) is 0 Å². The molecule has 0 aliphatic carbocycles. The second-order valence-corrected chi connectivity index (χ2v) is 6.98. The molecular formula is C5H10O4S2. The van der Waals surface area contributed by atoms with Crippen LogP contribution in [0.4, 0.5) is 0 Å². The molecule has 0 aromatic rings. The molecule has 6 heteroatoms. The molecule has 3 atom stereocenters. The maximum absolute atomic E-state index is 11.2. The van der Waals surface area contributed by atoms with Crippen molar-refractivity contribution in [3.05, 3.63) is 0 Å². The third-order valence-corrected chi connectivity index (χ3v) is 6.61. The van der Waals surface area contributed by atoms with Gasteiger partial charge in [0.2, 0.25) is 0 Å². The Hall–Kier alpha value is -0.0700. The van der Waals surface area contributed by atoms with Crippen LogP contribution in [0.5, 0.6) is 0 Å². The van der Waals surface area contributed by atoms with Crippen molar-refractivity contribution >= 4 is 25.8 Å². The standard InChI is InChI=1S/C5H10O4S2/c1-4-5(2)11(7,8)9-10(4,3)6/h4-5H,3H2,1-2H3. The van der Waals surface area contributed by atoms with Crippen LogP contribution in [0, 0.1) is 0 Å². The zero-order chi connectivity index (χ0) is 8.86. The van der Waals surface area contributed by atoms with Gasteiger partial charge in [0.05, 0.1) is 15.1 Å². The largest absolute Gasteiger partial charge is 0.283 e. The van der Waals surface area contributed by atoms with Gasteiger partial charge >= 0.3 is 0 Å². The van der Waals surface area contributed by atoms with Crippen LogP contribution in [-0.2, 0) is 23.6 Å². The van der Waals surface area contributed by atoms with E-state index < -0.39 is 30.4 Å². The topological polar surface area (TPSA) is 60.4 Å². The second kappa shape index (κ2) is 2.21. The third kappa shape index (κ3) is 1.30. The smallest absolute Gasteiger partial charge is 0.239 e. The Balaban J connectivity index is 3.27. The average molecular weight is 198 g/mol. The molecule has 0 radical (unpaired) electrons. The fourth-order valence-electron chi connectivity index (χ4n) is 0.811. The van der Waals surface area contributed by atoms with Gasteiger partial charge in [-0.2, -0.15) is 12.0 Å². The van der Waals surface area contributed by atoms with E-state index in [1.165, 1.54) is 6.92 Å². The molecule has 1 rings (SSSR count). The van der Waals surface area contributed by atoms with Crippen LogP contribution in [0.25, 0.3) is 0 Å². The minimum absolute atomic E-state index is 0.521. The van der Waals surface area contributed by atoms with Crippen molar-refractivity contribution < 1.29 is 16.3 Å². The highest BCUT2D eigenvalue weighted by molar-refractivity contribution is 8.08. The van der Waals surface area contributed by atoms with Gasteiger partial charge in [-0.15, -0.1) is 0 Å². The fraction of sp³-hybridized carbons (Fsp3) is 0.800. The van der Waals surface area contributed by atoms with Crippen LogP contribution in [0.15, 0.2) is 0 Å². The summed E-state index contributed by atoms with van der Waals surface area (Å²) in [5, 5.41) is -1.24. The lowest BCUT2D eigenvalue weighted by molar-refractivity contribution is 0.506. The average Bonchev–Trinajstić information content (AvgIpc) is 1.91. The minimum Gasteiger partial charge on any atom is -0.239 e. The van der Waals surface area contributed by atoms with E-state index in [0.29, 0.717) is 0 Å². The van der Waals surface area contributed by atoms with Crippen molar-refractivity contribution in [2.45, 2.75) is 24.3 Å². The Labute approximate surface area is 66.9 Å². The molecule has 66 valence electrons. The molecule has 0 amide bonds. The highest BCUT2D eigenvalue weighted by atomic mass is 32.3. The van der Waals surface area contributed by atoms with Gasteiger partial charge in [0.25, 0.3) is 10.1 Å². The van der Waals surface area contributed by atoms with Crippen LogP contribution < -0.4 is 0 Å². The lowest BCUT2D eigenvalue weighted by Gasteiger charge is -2.03. The molecule has 0 N–H and O–H groups in total. The highest BCUT2D eigenvalue weighted by Crippen LogP contribution is 2.26. The normalized spacial score (nSPS) is 49.3. The lowest BCUT2D eigenvalue weighted by atomic mass is 10.4. The summed E-state index contributed by atoms with van der Waals surface area (Å²) in [5.74, 6) is 3.22. The summed E-state index contributed by atoms with van der Waals surface area (Å²) in [6.07, 6.45) is 0. The fourth-order valence-corrected chi connectivity index (χ4v) is 5.06. The Morgan fingerprint density at radius 1 is 1.18 bits per heavy atom. The molecule has 11 heavy (non-hydrogen) atoms. The number of hydrogen-bond acceptors (Lipinski definition) is 4. The summed E-state index contributed by atoms with van der Waals surface area (Å²) < 4.78 is 37.5. The van der Waals surface area contributed by atoms with Gasteiger partial charge in [0, 0.05) is 0 Å². The minimum atomic E-state index is -3.62. The monoisotopic (exact) mass is 198 g/mol. The first-order chi connectivity index (χ1) is 4.77. The van der Waals surface area contributed by atoms with Gasteiger partial charge in [0.15, 0.2) is 0 Å². The van der Waals surface area contributed by atoms with Crippen LogP contribution >= 0.6 is 0 Å². The molecule has 0 aromatic carbocycles. The quantitative estimate of drug-likeness (QED) is 0.504. The molecule has 0 spiro atoms. The molecule has 0 saturated carbocycles. The molecule has 0 aromatic heterocycles. The molecule has 1 heterocycles. The van der Waals surface area contributed by atoms with E-state index in [1.807, 2.05) is 0 Å². The molecule has 1 fully saturated rings. The van der Waals surface area contributed by atoms with E-state index in [-0.39, 0.29) is 0 Å². The molecule has 1 saturated heterocycles. The summed E-state index contributed by atoms with van der Waals surface area (Å²) in [6, 6.07) is 0. The van der Waals surface area contributed by atoms with E-state index in [2.05, 4.69) is 9.50 Å². The summed E-state index contributed by atoms with van der Waals surface area (Å²) in [6.45, 7) is 3.03. The summed E-state index contributed by atoms with van der Waals surface area (Å²) in [5.41, 5.74) is 0. The van der Waals surface area contributed by atoms with E-state index in [9.17, 15) is 12.6 Å². The zero-order valence-electron chi connectivity index (χ0n) is 6.31. The molecule has 4 nitrogen and oxygen atoms in total. The van der Waals surface area contributed by atoms with Crippen molar-refractivity contribution in [1.82, 2.24) is 0 Å². The number of hydrogen-bond donors (Lipinski definition) is 0. The van der Waals surface area contributed by atoms with Gasteiger partial charge in [0.1, 0.15) is 5.25 Å². The summed E-state index contributed by atoms with van der Waals surface area (Å²) in [4.78, 5) is 0. The van der Waals surface area contributed by atoms with E-state index in [0.717, 1.165) is 0 Å². The predicted molar refractivity (Wildman–Crippen MR) is 44.2 cm³/mol. The first kappa shape index (κ1) is 9.02. The van der Waals surface area contributed by atoms with Crippen LogP contribution in [0.3, 0.4) is 0 Å². The Morgan fingerprint density at radius 3 is 1.73 bits per heavy atom. The highest BCUT2D eigenvalue weighted by Gasteiger charge is 2.43. The second-order valence-electron chi connectivity index (χ2n) is 2.63. The summed E-state index contributed by atoms with van der Waals surface area (Å²) >= 11 is 0. The Morgan fingerprint density at radius 2 is 1.64 bits per heavy atom. The molecular weight excluding hydrogens is 188 g/mol. The zero-order valence-corrected chi connectivity index (χ0v) is 7.94. The lowest BCUT2D eigenvalue weighted by Crippen LogP contribution is -2.22. The van der Waals surface area contributed by atoms with Gasteiger partial charge in [-0.1, -0.05) is 0 Å². The summed E-state index contributed by atoms with van der Waals surface area (Å²) in [7, 11) is -6.49. The Kier molecular flexibility index (Phi) is 1.81. The first-order valence-corrected chi connectivity index (χ1v) is 6.27. The molecule has 1 aliphatic heterocycles. The SMILES string of the molecule is C=S1(=O)OS(=O)(=O)C(C)C1C. The molecule has 1 aliphatic rings. The van der Waals surface area contributed by atoms with Gasteiger partial charge in [-0.25, -0.2) is 4.21 Å². The van der Waals surface area contributed by atoms with Crippen molar-refractivity contribution in [3.63, 3.8) is 0 Å². The van der Waals surface area contributed by atoms with Crippen LogP contribution in [0.1, 0.15) is 13.8 Å². The molecule has 3 unspecified atom stereocenters. The maximum Gasteiger partial charge on any atom is 0.283 e.